The lowest BCUT2D eigenvalue weighted by molar-refractivity contribution is 0.582. The monoisotopic (exact) mass is 282 g/mol. The molecule has 1 aromatic carbocycles. The Bertz CT molecular complexity index is 516. The Morgan fingerprint density at radius 1 is 1.17 bits per heavy atom. The third kappa shape index (κ3) is 2.54. The van der Waals surface area contributed by atoms with E-state index in [9.17, 15) is 8.42 Å². The molecule has 1 aromatic rings. The standard InChI is InChI=1S/C14H22O2SSi/c1-11-10-13(11)14(18(2,3)4)17(15,16)12-8-6-5-7-9-12/h5-9,11,13-14H,10H2,1-4H3/t11-,13-,14?/m1/s1. The zero-order valence-corrected chi connectivity index (χ0v) is 13.4. The van der Waals surface area contributed by atoms with E-state index in [4.69, 9.17) is 0 Å². The zero-order valence-electron chi connectivity index (χ0n) is 11.6. The fourth-order valence-electron chi connectivity index (χ4n) is 2.87. The van der Waals surface area contributed by atoms with Gasteiger partial charge in [-0.1, -0.05) is 44.8 Å². The number of rotatable bonds is 4. The van der Waals surface area contributed by atoms with Gasteiger partial charge in [0.15, 0.2) is 9.84 Å². The Kier molecular flexibility index (Phi) is 3.45. The quantitative estimate of drug-likeness (QED) is 0.794. The van der Waals surface area contributed by atoms with Crippen LogP contribution in [0.1, 0.15) is 13.3 Å². The third-order valence-corrected chi connectivity index (χ3v) is 11.0. The van der Waals surface area contributed by atoms with Gasteiger partial charge in [0.1, 0.15) is 0 Å². The van der Waals surface area contributed by atoms with E-state index in [1.165, 1.54) is 0 Å². The highest BCUT2D eigenvalue weighted by atomic mass is 32.2. The second-order valence-corrected chi connectivity index (χ2v) is 14.4. The van der Waals surface area contributed by atoms with Crippen LogP contribution >= 0.6 is 0 Å². The van der Waals surface area contributed by atoms with Crippen LogP contribution in [0.25, 0.3) is 0 Å². The van der Waals surface area contributed by atoms with Gasteiger partial charge in [-0.3, -0.25) is 0 Å². The molecular weight excluding hydrogens is 260 g/mol. The van der Waals surface area contributed by atoms with Gasteiger partial charge < -0.3 is 0 Å². The normalized spacial score (nSPS) is 25.8. The number of sulfone groups is 1. The summed E-state index contributed by atoms with van der Waals surface area (Å²) in [5.74, 6) is 0.946. The van der Waals surface area contributed by atoms with Crippen LogP contribution in [-0.2, 0) is 9.84 Å². The molecule has 0 radical (unpaired) electrons. The minimum absolute atomic E-state index is 0.137. The molecular formula is C14H22O2SSi. The summed E-state index contributed by atoms with van der Waals surface area (Å²) in [6.07, 6.45) is 1.07. The lowest BCUT2D eigenvalue weighted by atomic mass is 10.4. The molecule has 18 heavy (non-hydrogen) atoms. The zero-order chi connectivity index (χ0) is 13.6. The molecule has 1 aliphatic carbocycles. The molecule has 0 aliphatic heterocycles. The summed E-state index contributed by atoms with van der Waals surface area (Å²) >= 11 is 0. The van der Waals surface area contributed by atoms with Crippen molar-refractivity contribution in [2.45, 2.75) is 42.8 Å². The molecule has 0 amide bonds. The molecule has 1 saturated carbocycles. The van der Waals surface area contributed by atoms with Crippen molar-refractivity contribution in [3.8, 4) is 0 Å². The van der Waals surface area contributed by atoms with E-state index in [2.05, 4.69) is 26.6 Å². The van der Waals surface area contributed by atoms with Crippen LogP contribution in [-0.4, -0.2) is 21.4 Å². The van der Waals surface area contributed by atoms with Crippen molar-refractivity contribution in [1.29, 1.82) is 0 Å². The van der Waals surface area contributed by atoms with Crippen molar-refractivity contribution in [1.82, 2.24) is 0 Å². The van der Waals surface area contributed by atoms with E-state index in [0.717, 1.165) is 6.42 Å². The maximum atomic E-state index is 12.8. The van der Waals surface area contributed by atoms with Gasteiger partial charge in [-0.25, -0.2) is 8.42 Å². The van der Waals surface area contributed by atoms with Crippen LogP contribution in [0.2, 0.25) is 19.6 Å². The molecule has 2 rings (SSSR count). The van der Waals surface area contributed by atoms with Crippen molar-refractivity contribution in [2.24, 2.45) is 11.8 Å². The number of benzene rings is 1. The Hall–Kier alpha value is -0.613. The average molecular weight is 282 g/mol. The van der Waals surface area contributed by atoms with Gasteiger partial charge in [-0.05, 0) is 30.4 Å². The molecule has 1 aliphatic rings. The summed E-state index contributed by atoms with van der Waals surface area (Å²) in [6.45, 7) is 8.67. The Morgan fingerprint density at radius 3 is 2.06 bits per heavy atom. The van der Waals surface area contributed by atoms with Gasteiger partial charge in [0.2, 0.25) is 0 Å². The molecule has 0 saturated heterocycles. The van der Waals surface area contributed by atoms with E-state index >= 15 is 0 Å². The molecule has 0 aromatic heterocycles. The molecule has 1 fully saturated rings. The lowest BCUT2D eigenvalue weighted by Gasteiger charge is -2.29. The van der Waals surface area contributed by atoms with E-state index < -0.39 is 17.9 Å². The summed E-state index contributed by atoms with van der Waals surface area (Å²) in [4.78, 5) is 0.360. The first-order valence-corrected chi connectivity index (χ1v) is 11.7. The topological polar surface area (TPSA) is 34.1 Å². The van der Waals surface area contributed by atoms with Crippen LogP contribution in [0.5, 0.6) is 0 Å². The first kappa shape index (κ1) is 13.8. The average Bonchev–Trinajstić information content (AvgIpc) is 2.93. The highest BCUT2D eigenvalue weighted by Crippen LogP contribution is 2.47. The summed E-state index contributed by atoms with van der Waals surface area (Å²) < 4.78 is 25.7. The lowest BCUT2D eigenvalue weighted by Crippen LogP contribution is -2.46. The maximum Gasteiger partial charge on any atom is 0.178 e. The van der Waals surface area contributed by atoms with E-state index in [0.29, 0.717) is 16.7 Å². The van der Waals surface area contributed by atoms with Crippen LogP contribution in [0, 0.1) is 11.8 Å². The number of hydrogen-bond acceptors (Lipinski definition) is 2. The highest BCUT2D eigenvalue weighted by Gasteiger charge is 2.52. The van der Waals surface area contributed by atoms with E-state index in [1.807, 2.05) is 18.2 Å². The minimum Gasteiger partial charge on any atom is -0.224 e. The first-order valence-electron chi connectivity index (χ1n) is 6.53. The van der Waals surface area contributed by atoms with Gasteiger partial charge in [-0.2, -0.15) is 0 Å². The van der Waals surface area contributed by atoms with Crippen molar-refractivity contribution in [3.63, 3.8) is 0 Å². The Morgan fingerprint density at radius 2 is 1.67 bits per heavy atom. The Labute approximate surface area is 111 Å². The fourth-order valence-corrected chi connectivity index (χ4v) is 10.4. The van der Waals surface area contributed by atoms with Crippen LogP contribution in [0.4, 0.5) is 0 Å². The van der Waals surface area contributed by atoms with Crippen LogP contribution in [0.3, 0.4) is 0 Å². The predicted octanol–water partition coefficient (Wildman–Crippen LogP) is 3.36. The highest BCUT2D eigenvalue weighted by molar-refractivity contribution is 7.94. The molecule has 0 heterocycles. The van der Waals surface area contributed by atoms with Crippen LogP contribution in [0.15, 0.2) is 35.2 Å². The van der Waals surface area contributed by atoms with Gasteiger partial charge in [0.25, 0.3) is 0 Å². The second-order valence-electron chi connectivity index (χ2n) is 6.52. The van der Waals surface area contributed by atoms with Crippen molar-refractivity contribution < 1.29 is 8.42 Å². The third-order valence-electron chi connectivity index (χ3n) is 3.82. The van der Waals surface area contributed by atoms with Gasteiger partial charge in [-0.15, -0.1) is 0 Å². The molecule has 1 unspecified atom stereocenters. The van der Waals surface area contributed by atoms with Crippen molar-refractivity contribution >= 4 is 17.9 Å². The van der Waals surface area contributed by atoms with E-state index in [1.54, 1.807) is 12.1 Å². The molecule has 3 atom stereocenters. The molecule has 2 nitrogen and oxygen atoms in total. The molecule has 100 valence electrons. The summed E-state index contributed by atoms with van der Waals surface area (Å²) in [6, 6.07) is 8.95. The molecule has 0 spiro atoms. The summed E-state index contributed by atoms with van der Waals surface area (Å²) in [5, 5.41) is 0. The summed E-state index contributed by atoms with van der Waals surface area (Å²) in [7, 11) is -4.90. The van der Waals surface area contributed by atoms with Gasteiger partial charge >= 0.3 is 0 Å². The van der Waals surface area contributed by atoms with Crippen LogP contribution < -0.4 is 0 Å². The van der Waals surface area contributed by atoms with Gasteiger partial charge in [0, 0.05) is 0 Å². The maximum absolute atomic E-state index is 12.8. The second kappa shape index (κ2) is 4.49. The first-order chi connectivity index (χ1) is 8.24. The Balaban J connectivity index is 2.43. The molecule has 0 N–H and O–H groups in total. The van der Waals surface area contributed by atoms with E-state index in [-0.39, 0.29) is 4.87 Å². The SMILES string of the molecule is C[C@@H]1C[C@H]1C([Si](C)(C)C)S(=O)(=O)c1ccccc1. The van der Waals surface area contributed by atoms with Crippen molar-refractivity contribution in [3.05, 3.63) is 30.3 Å². The summed E-state index contributed by atoms with van der Waals surface area (Å²) in [5.41, 5.74) is 0. The molecule has 4 heteroatoms. The smallest absolute Gasteiger partial charge is 0.178 e. The molecule has 0 bridgehead atoms. The fraction of sp³-hybridized carbons (Fsp3) is 0.571. The predicted molar refractivity (Wildman–Crippen MR) is 78.0 cm³/mol. The largest absolute Gasteiger partial charge is 0.224 e. The minimum atomic E-state index is -3.17. The van der Waals surface area contributed by atoms with Crippen molar-refractivity contribution in [2.75, 3.05) is 0 Å². The number of hydrogen-bond donors (Lipinski definition) is 0. The van der Waals surface area contributed by atoms with Gasteiger partial charge in [0.05, 0.1) is 17.8 Å².